The number of hydrogen-bond donors (Lipinski definition) is 1. The molecule has 0 fully saturated rings. The van der Waals surface area contributed by atoms with Gasteiger partial charge in [-0.15, -0.1) is 0 Å². The molecule has 0 aliphatic carbocycles. The molecule has 2 aromatic carbocycles. The van der Waals surface area contributed by atoms with Gasteiger partial charge in [0, 0.05) is 11.8 Å². The summed E-state index contributed by atoms with van der Waals surface area (Å²) in [5.74, 6) is 7.01. The highest BCUT2D eigenvalue weighted by molar-refractivity contribution is 5.90. The second kappa shape index (κ2) is 8.34. The monoisotopic (exact) mass is 282 g/mol. The maximum atomic E-state index is 8.89. The van der Waals surface area contributed by atoms with Crippen LogP contribution in [-0.4, -0.2) is 18.3 Å². The van der Waals surface area contributed by atoms with Gasteiger partial charge in [0.2, 0.25) is 0 Å². The average molecular weight is 282 g/mol. The summed E-state index contributed by atoms with van der Waals surface area (Å²) < 4.78 is 5.91. The lowest BCUT2D eigenvalue weighted by molar-refractivity contribution is 0.304. The molecule has 2 heteroatoms. The highest BCUT2D eigenvalue weighted by atomic mass is 16.5. The summed E-state index contributed by atoms with van der Waals surface area (Å²) in [6.07, 6.45) is 3.91. The van der Waals surface area contributed by atoms with Crippen LogP contribution in [0.15, 0.2) is 36.4 Å². The van der Waals surface area contributed by atoms with E-state index in [2.05, 4.69) is 37.0 Å². The Morgan fingerprint density at radius 1 is 1.10 bits per heavy atom. The molecule has 0 amide bonds. The summed E-state index contributed by atoms with van der Waals surface area (Å²) in [4.78, 5) is 0. The molecular formula is C19H22O2. The minimum atomic E-state index is 0.0878. The van der Waals surface area contributed by atoms with E-state index in [1.807, 2.05) is 18.2 Å². The summed E-state index contributed by atoms with van der Waals surface area (Å²) in [6.45, 7) is 2.99. The van der Waals surface area contributed by atoms with Crippen molar-refractivity contribution in [1.29, 1.82) is 0 Å². The molecule has 1 N–H and O–H groups in total. The maximum Gasteiger partial charge on any atom is 0.135 e. The minimum Gasteiger partial charge on any atom is -0.492 e. The van der Waals surface area contributed by atoms with Crippen LogP contribution in [0, 0.1) is 11.8 Å². The second-order valence-corrected chi connectivity index (χ2v) is 4.99. The molecule has 0 aliphatic heterocycles. The number of rotatable bonds is 6. The van der Waals surface area contributed by atoms with Gasteiger partial charge < -0.3 is 9.84 Å². The van der Waals surface area contributed by atoms with E-state index >= 15 is 0 Å². The highest BCUT2D eigenvalue weighted by Crippen LogP contribution is 2.27. The fourth-order valence-electron chi connectivity index (χ4n) is 2.24. The van der Waals surface area contributed by atoms with Gasteiger partial charge in [0.1, 0.15) is 5.75 Å². The Kier molecular flexibility index (Phi) is 6.12. The number of ether oxygens (including phenoxy) is 1. The first kappa shape index (κ1) is 15.4. The summed E-state index contributed by atoms with van der Waals surface area (Å²) in [5.41, 5.74) is 0.929. The fraction of sp³-hybridized carbons (Fsp3) is 0.368. The Bertz CT molecular complexity index is 635. The van der Waals surface area contributed by atoms with Gasteiger partial charge in [0.25, 0.3) is 0 Å². The molecule has 0 spiro atoms. The Hall–Kier alpha value is -1.98. The zero-order valence-corrected chi connectivity index (χ0v) is 12.6. The van der Waals surface area contributed by atoms with E-state index in [0.29, 0.717) is 6.42 Å². The van der Waals surface area contributed by atoms with Gasteiger partial charge in [-0.3, -0.25) is 0 Å². The first-order chi connectivity index (χ1) is 10.4. The van der Waals surface area contributed by atoms with Crippen molar-refractivity contribution in [3.8, 4) is 17.6 Å². The standard InChI is InChI=1S/C19H22O2/c1-2-3-8-15-21-19-13-12-16-9-4-5-10-17(16)18(19)11-6-7-14-20/h4-5,9-10,12-13,20H,2-3,7-8,14-15H2,1H3. The molecule has 0 unspecified atom stereocenters. The first-order valence-electron chi connectivity index (χ1n) is 7.61. The van der Waals surface area contributed by atoms with Crippen LogP contribution in [0.4, 0.5) is 0 Å². The van der Waals surface area contributed by atoms with E-state index < -0.39 is 0 Å². The van der Waals surface area contributed by atoms with Crippen LogP contribution in [0.1, 0.15) is 38.2 Å². The zero-order valence-electron chi connectivity index (χ0n) is 12.6. The normalized spacial score (nSPS) is 10.2. The van der Waals surface area contributed by atoms with Gasteiger partial charge in [0.05, 0.1) is 18.8 Å². The molecule has 2 aromatic rings. The molecule has 0 saturated carbocycles. The van der Waals surface area contributed by atoms with Gasteiger partial charge >= 0.3 is 0 Å². The Morgan fingerprint density at radius 3 is 2.76 bits per heavy atom. The number of benzene rings is 2. The number of fused-ring (bicyclic) bond motifs is 1. The molecule has 2 nitrogen and oxygen atoms in total. The molecular weight excluding hydrogens is 260 g/mol. The fourth-order valence-corrected chi connectivity index (χ4v) is 2.24. The molecule has 2 rings (SSSR count). The number of aliphatic hydroxyl groups excluding tert-OH is 1. The van der Waals surface area contributed by atoms with Crippen LogP contribution >= 0.6 is 0 Å². The quantitative estimate of drug-likeness (QED) is 0.637. The molecule has 0 heterocycles. The third kappa shape index (κ3) is 4.24. The van der Waals surface area contributed by atoms with Crippen LogP contribution in [0.3, 0.4) is 0 Å². The summed E-state index contributed by atoms with van der Waals surface area (Å²) in [5, 5.41) is 11.2. The lowest BCUT2D eigenvalue weighted by atomic mass is 10.0. The van der Waals surface area contributed by atoms with Gasteiger partial charge in [-0.2, -0.15) is 0 Å². The molecule has 110 valence electrons. The SMILES string of the molecule is CCCCCOc1ccc2ccccc2c1C#CCCO. The number of aliphatic hydroxyl groups is 1. The van der Waals surface area contributed by atoms with Crippen LogP contribution in [0.25, 0.3) is 10.8 Å². The van der Waals surface area contributed by atoms with E-state index in [-0.39, 0.29) is 6.61 Å². The topological polar surface area (TPSA) is 29.5 Å². The van der Waals surface area contributed by atoms with Crippen molar-refractivity contribution in [3.05, 3.63) is 42.0 Å². The Balaban J connectivity index is 2.30. The van der Waals surface area contributed by atoms with Crippen molar-refractivity contribution in [2.24, 2.45) is 0 Å². The highest BCUT2D eigenvalue weighted by Gasteiger charge is 2.06. The van der Waals surface area contributed by atoms with Crippen molar-refractivity contribution >= 4 is 10.8 Å². The minimum absolute atomic E-state index is 0.0878. The van der Waals surface area contributed by atoms with Crippen LogP contribution in [0.5, 0.6) is 5.75 Å². The van der Waals surface area contributed by atoms with Gasteiger partial charge in [-0.05, 0) is 17.9 Å². The van der Waals surface area contributed by atoms with E-state index in [1.165, 1.54) is 12.8 Å². The van der Waals surface area contributed by atoms with E-state index in [1.54, 1.807) is 0 Å². The first-order valence-corrected chi connectivity index (χ1v) is 7.61. The van der Waals surface area contributed by atoms with Gasteiger partial charge in [-0.1, -0.05) is 61.9 Å². The van der Waals surface area contributed by atoms with Crippen molar-refractivity contribution in [1.82, 2.24) is 0 Å². The average Bonchev–Trinajstić information content (AvgIpc) is 2.53. The third-order valence-electron chi connectivity index (χ3n) is 3.35. The molecule has 0 saturated heterocycles. The van der Waals surface area contributed by atoms with E-state index in [0.717, 1.165) is 35.1 Å². The lowest BCUT2D eigenvalue weighted by Gasteiger charge is -2.10. The number of unbranched alkanes of at least 4 members (excludes halogenated alkanes) is 2. The molecule has 0 bridgehead atoms. The maximum absolute atomic E-state index is 8.89. The molecule has 0 aromatic heterocycles. The zero-order chi connectivity index (χ0) is 14.9. The van der Waals surface area contributed by atoms with Crippen LogP contribution in [0.2, 0.25) is 0 Å². The smallest absolute Gasteiger partial charge is 0.135 e. The lowest BCUT2D eigenvalue weighted by Crippen LogP contribution is -1.99. The predicted octanol–water partition coefficient (Wildman–Crippen LogP) is 4.14. The van der Waals surface area contributed by atoms with Crippen molar-refractivity contribution in [3.63, 3.8) is 0 Å². The second-order valence-electron chi connectivity index (χ2n) is 4.99. The van der Waals surface area contributed by atoms with Gasteiger partial charge in [-0.25, -0.2) is 0 Å². The number of hydrogen-bond acceptors (Lipinski definition) is 2. The van der Waals surface area contributed by atoms with E-state index in [4.69, 9.17) is 9.84 Å². The molecule has 0 atom stereocenters. The third-order valence-corrected chi connectivity index (χ3v) is 3.35. The predicted molar refractivity (Wildman–Crippen MR) is 87.5 cm³/mol. The van der Waals surface area contributed by atoms with Gasteiger partial charge in [0.15, 0.2) is 0 Å². The summed E-state index contributed by atoms with van der Waals surface area (Å²) in [6, 6.07) is 12.2. The molecule has 0 aliphatic rings. The van der Waals surface area contributed by atoms with Crippen molar-refractivity contribution < 1.29 is 9.84 Å². The molecule has 21 heavy (non-hydrogen) atoms. The molecule has 0 radical (unpaired) electrons. The van der Waals surface area contributed by atoms with Crippen molar-refractivity contribution in [2.75, 3.05) is 13.2 Å². The van der Waals surface area contributed by atoms with Crippen molar-refractivity contribution in [2.45, 2.75) is 32.6 Å². The van der Waals surface area contributed by atoms with Crippen LogP contribution in [-0.2, 0) is 0 Å². The Labute approximate surface area is 126 Å². The van der Waals surface area contributed by atoms with Crippen LogP contribution < -0.4 is 4.74 Å². The summed E-state index contributed by atoms with van der Waals surface area (Å²) in [7, 11) is 0. The van der Waals surface area contributed by atoms with E-state index in [9.17, 15) is 0 Å². The Morgan fingerprint density at radius 2 is 1.95 bits per heavy atom. The summed E-state index contributed by atoms with van der Waals surface area (Å²) >= 11 is 0. The largest absolute Gasteiger partial charge is 0.492 e.